The standard InChI is InChI=1S/C19H23N3O3S/c1-14(18(24)20-9-12-22-17(23)13-26-19(22)25)21-10-7-16(8-11-21)15-5-3-2-4-6-15/h2-7,14H,8-13H2,1H3,(H,20,24)/p+1/t14-/m1/s1. The second-order valence-electron chi connectivity index (χ2n) is 6.57. The van der Waals surface area contributed by atoms with Crippen LogP contribution in [0.5, 0.6) is 0 Å². The van der Waals surface area contributed by atoms with Crippen molar-refractivity contribution in [3.8, 4) is 0 Å². The van der Waals surface area contributed by atoms with E-state index in [1.54, 1.807) is 0 Å². The van der Waals surface area contributed by atoms with Crippen molar-refractivity contribution < 1.29 is 19.3 Å². The number of quaternary nitrogens is 1. The summed E-state index contributed by atoms with van der Waals surface area (Å²) in [5.41, 5.74) is 2.59. The summed E-state index contributed by atoms with van der Waals surface area (Å²) in [6.07, 6.45) is 3.17. The molecule has 0 aliphatic carbocycles. The Morgan fingerprint density at radius 2 is 2.08 bits per heavy atom. The first kappa shape index (κ1) is 18.7. The Hall–Kier alpha value is -2.12. The molecule has 2 N–H and O–H groups in total. The molecule has 0 bridgehead atoms. The second-order valence-corrected chi connectivity index (χ2v) is 7.50. The van der Waals surface area contributed by atoms with Gasteiger partial charge in [-0.3, -0.25) is 19.3 Å². The molecule has 1 aromatic rings. The summed E-state index contributed by atoms with van der Waals surface area (Å²) >= 11 is 1.01. The topological polar surface area (TPSA) is 70.9 Å². The van der Waals surface area contributed by atoms with Crippen LogP contribution < -0.4 is 10.2 Å². The van der Waals surface area contributed by atoms with Crippen molar-refractivity contribution in [1.29, 1.82) is 0 Å². The number of carbonyl (C=O) groups excluding carboxylic acids is 3. The van der Waals surface area contributed by atoms with Gasteiger partial charge in [0.1, 0.15) is 0 Å². The zero-order valence-electron chi connectivity index (χ0n) is 14.9. The summed E-state index contributed by atoms with van der Waals surface area (Å²) in [7, 11) is 0. The summed E-state index contributed by atoms with van der Waals surface area (Å²) in [6, 6.07) is 10.2. The van der Waals surface area contributed by atoms with E-state index in [0.29, 0.717) is 6.54 Å². The number of rotatable bonds is 6. The summed E-state index contributed by atoms with van der Waals surface area (Å²) in [6.45, 7) is 4.21. The lowest BCUT2D eigenvalue weighted by atomic mass is 9.99. The lowest BCUT2D eigenvalue weighted by Crippen LogP contribution is -3.17. The predicted molar refractivity (Wildman–Crippen MR) is 102 cm³/mol. The van der Waals surface area contributed by atoms with Crippen LogP contribution in [0.1, 0.15) is 18.9 Å². The van der Waals surface area contributed by atoms with Gasteiger partial charge in [0.25, 0.3) is 11.1 Å². The number of nitrogens with one attached hydrogen (secondary N) is 2. The fourth-order valence-corrected chi connectivity index (χ4v) is 4.04. The largest absolute Gasteiger partial charge is 0.349 e. The SMILES string of the molecule is C[C@H](C(=O)NCCN1C(=O)CSC1=O)[NH+]1CC=C(c2ccccc2)CC1. The molecule has 1 unspecified atom stereocenters. The van der Waals surface area contributed by atoms with Crippen molar-refractivity contribution in [3.05, 3.63) is 42.0 Å². The van der Waals surface area contributed by atoms with Gasteiger partial charge in [0, 0.05) is 19.5 Å². The van der Waals surface area contributed by atoms with Gasteiger partial charge in [-0.05, 0) is 24.1 Å². The summed E-state index contributed by atoms with van der Waals surface area (Å²) < 4.78 is 0. The molecular formula is C19H24N3O3S+. The average Bonchev–Trinajstić information content (AvgIpc) is 3.00. The molecule has 1 fully saturated rings. The molecule has 1 aromatic carbocycles. The number of hydrogen-bond acceptors (Lipinski definition) is 4. The van der Waals surface area contributed by atoms with Crippen molar-refractivity contribution in [2.75, 3.05) is 31.9 Å². The van der Waals surface area contributed by atoms with E-state index in [-0.39, 0.29) is 35.4 Å². The molecule has 0 radical (unpaired) electrons. The lowest BCUT2D eigenvalue weighted by Gasteiger charge is -2.28. The third kappa shape index (κ3) is 4.34. The van der Waals surface area contributed by atoms with Gasteiger partial charge in [0.2, 0.25) is 5.91 Å². The molecule has 3 rings (SSSR count). The van der Waals surface area contributed by atoms with Crippen LogP contribution in [0, 0.1) is 0 Å². The second kappa shape index (κ2) is 8.51. The van der Waals surface area contributed by atoms with Crippen LogP contribution in [-0.4, -0.2) is 59.9 Å². The van der Waals surface area contributed by atoms with E-state index in [2.05, 4.69) is 23.5 Å². The van der Waals surface area contributed by atoms with Gasteiger partial charge in [0.05, 0.1) is 18.8 Å². The monoisotopic (exact) mass is 374 g/mol. The number of hydrogen-bond donors (Lipinski definition) is 2. The van der Waals surface area contributed by atoms with Crippen LogP contribution >= 0.6 is 11.8 Å². The van der Waals surface area contributed by atoms with Gasteiger partial charge < -0.3 is 10.2 Å². The van der Waals surface area contributed by atoms with Gasteiger partial charge in [-0.25, -0.2) is 0 Å². The molecule has 7 heteroatoms. The average molecular weight is 374 g/mol. The molecule has 1 saturated heterocycles. The highest BCUT2D eigenvalue weighted by molar-refractivity contribution is 8.14. The zero-order chi connectivity index (χ0) is 18.5. The van der Waals surface area contributed by atoms with E-state index in [9.17, 15) is 14.4 Å². The number of benzene rings is 1. The van der Waals surface area contributed by atoms with Crippen LogP contribution in [0.3, 0.4) is 0 Å². The van der Waals surface area contributed by atoms with E-state index >= 15 is 0 Å². The number of thioether (sulfide) groups is 1. The highest BCUT2D eigenvalue weighted by atomic mass is 32.2. The number of imide groups is 1. The smallest absolute Gasteiger partial charge is 0.288 e. The summed E-state index contributed by atoms with van der Waals surface area (Å²) in [4.78, 5) is 37.9. The first-order valence-corrected chi connectivity index (χ1v) is 9.88. The number of nitrogens with zero attached hydrogens (tertiary/aromatic N) is 1. The van der Waals surface area contributed by atoms with Crippen molar-refractivity contribution in [2.45, 2.75) is 19.4 Å². The quantitative estimate of drug-likeness (QED) is 0.763. The maximum atomic E-state index is 12.4. The highest BCUT2D eigenvalue weighted by Crippen LogP contribution is 2.18. The van der Waals surface area contributed by atoms with Gasteiger partial charge in [-0.2, -0.15) is 0 Å². The number of carbonyl (C=O) groups is 3. The molecule has 0 aromatic heterocycles. The molecule has 0 spiro atoms. The minimum atomic E-state index is -0.225. The molecule has 6 nitrogen and oxygen atoms in total. The molecule has 2 atom stereocenters. The van der Waals surface area contributed by atoms with E-state index in [1.165, 1.54) is 20.9 Å². The summed E-state index contributed by atoms with van der Waals surface area (Å²) in [5.74, 6) is -0.0113. The fraction of sp³-hybridized carbons (Fsp3) is 0.421. The van der Waals surface area contributed by atoms with Crippen LogP contribution in [0.4, 0.5) is 4.79 Å². The molecule has 3 amide bonds. The molecule has 2 heterocycles. The Labute approximate surface area is 157 Å². The first-order chi connectivity index (χ1) is 12.6. The minimum Gasteiger partial charge on any atom is -0.349 e. The van der Waals surface area contributed by atoms with Crippen LogP contribution in [-0.2, 0) is 9.59 Å². The van der Waals surface area contributed by atoms with E-state index in [4.69, 9.17) is 0 Å². The van der Waals surface area contributed by atoms with Gasteiger partial charge in [-0.1, -0.05) is 42.1 Å². The van der Waals surface area contributed by atoms with Crippen molar-refractivity contribution in [3.63, 3.8) is 0 Å². The Morgan fingerprint density at radius 3 is 2.69 bits per heavy atom. The van der Waals surface area contributed by atoms with Gasteiger partial charge in [-0.15, -0.1) is 0 Å². The Morgan fingerprint density at radius 1 is 1.31 bits per heavy atom. The van der Waals surface area contributed by atoms with Crippen molar-refractivity contribution in [1.82, 2.24) is 10.2 Å². The fourth-order valence-electron chi connectivity index (χ4n) is 3.29. The first-order valence-electron chi connectivity index (χ1n) is 8.90. The van der Waals surface area contributed by atoms with Crippen molar-refractivity contribution >= 4 is 34.4 Å². The third-order valence-corrected chi connectivity index (χ3v) is 5.81. The van der Waals surface area contributed by atoms with Crippen molar-refractivity contribution in [2.24, 2.45) is 0 Å². The van der Waals surface area contributed by atoms with Gasteiger partial charge in [0.15, 0.2) is 6.04 Å². The molecule has 26 heavy (non-hydrogen) atoms. The third-order valence-electron chi connectivity index (χ3n) is 4.95. The zero-order valence-corrected chi connectivity index (χ0v) is 15.7. The Bertz CT molecular complexity index is 704. The van der Waals surface area contributed by atoms with Crippen LogP contribution in [0.2, 0.25) is 0 Å². The molecule has 138 valence electrons. The summed E-state index contributed by atoms with van der Waals surface area (Å²) in [5, 5.41) is 2.63. The number of amides is 3. The molecule has 0 saturated carbocycles. The highest BCUT2D eigenvalue weighted by Gasteiger charge is 2.30. The maximum Gasteiger partial charge on any atom is 0.288 e. The molecular weight excluding hydrogens is 350 g/mol. The van der Waals surface area contributed by atoms with E-state index < -0.39 is 0 Å². The van der Waals surface area contributed by atoms with Crippen LogP contribution in [0.25, 0.3) is 5.57 Å². The normalized spacial score (nSPS) is 21.5. The molecule has 2 aliphatic rings. The van der Waals surface area contributed by atoms with E-state index in [1.807, 2.05) is 25.1 Å². The Balaban J connectivity index is 1.46. The Kier molecular flexibility index (Phi) is 6.11. The van der Waals surface area contributed by atoms with Crippen LogP contribution in [0.15, 0.2) is 36.4 Å². The molecule has 2 aliphatic heterocycles. The van der Waals surface area contributed by atoms with E-state index in [0.717, 1.165) is 31.3 Å². The predicted octanol–water partition coefficient (Wildman–Crippen LogP) is 0.559. The lowest BCUT2D eigenvalue weighted by molar-refractivity contribution is -0.909. The maximum absolute atomic E-state index is 12.4. The van der Waals surface area contributed by atoms with Gasteiger partial charge >= 0.3 is 0 Å². The minimum absolute atomic E-state index is 0.0386.